The molecule has 1 unspecified atom stereocenters. The van der Waals surface area contributed by atoms with Gasteiger partial charge in [-0.1, -0.05) is 11.6 Å². The SMILES string of the molecule is Cc1occc1C(=O)Nc1cc(Cl)ccc1C(=O)N1CCC(CN)C1. The van der Waals surface area contributed by atoms with Crippen molar-refractivity contribution in [1.29, 1.82) is 0 Å². The van der Waals surface area contributed by atoms with Gasteiger partial charge < -0.3 is 20.4 Å². The molecule has 2 aromatic rings. The molecule has 6 nitrogen and oxygen atoms in total. The topological polar surface area (TPSA) is 88.6 Å². The molecule has 1 saturated heterocycles. The van der Waals surface area contributed by atoms with Gasteiger partial charge in [-0.25, -0.2) is 0 Å². The lowest BCUT2D eigenvalue weighted by Crippen LogP contribution is -2.30. The first kappa shape index (κ1) is 17.5. The minimum absolute atomic E-state index is 0.133. The zero-order valence-electron chi connectivity index (χ0n) is 13.9. The van der Waals surface area contributed by atoms with Crippen LogP contribution in [-0.4, -0.2) is 36.3 Å². The summed E-state index contributed by atoms with van der Waals surface area (Å²) in [7, 11) is 0. The maximum Gasteiger partial charge on any atom is 0.259 e. The number of carbonyl (C=O) groups excluding carboxylic acids is 2. The minimum atomic E-state index is -0.344. The van der Waals surface area contributed by atoms with Crippen LogP contribution in [0.25, 0.3) is 0 Å². The van der Waals surface area contributed by atoms with Gasteiger partial charge in [-0.3, -0.25) is 9.59 Å². The molecule has 2 heterocycles. The quantitative estimate of drug-likeness (QED) is 0.876. The average Bonchev–Trinajstić information content (AvgIpc) is 3.23. The van der Waals surface area contributed by atoms with E-state index in [1.807, 2.05) is 0 Å². The summed E-state index contributed by atoms with van der Waals surface area (Å²) in [6, 6.07) is 6.45. The molecule has 3 rings (SSSR count). The number of rotatable bonds is 4. The maximum atomic E-state index is 12.8. The van der Waals surface area contributed by atoms with Crippen LogP contribution in [0.2, 0.25) is 5.02 Å². The molecule has 7 heteroatoms. The molecular formula is C18H20ClN3O3. The summed E-state index contributed by atoms with van der Waals surface area (Å²) in [4.78, 5) is 27.1. The van der Waals surface area contributed by atoms with Crippen molar-refractivity contribution in [3.05, 3.63) is 52.4 Å². The van der Waals surface area contributed by atoms with Crippen LogP contribution < -0.4 is 11.1 Å². The lowest BCUT2D eigenvalue weighted by molar-refractivity contribution is 0.0788. The number of likely N-dealkylation sites (tertiary alicyclic amines) is 1. The fraction of sp³-hybridized carbons (Fsp3) is 0.333. The van der Waals surface area contributed by atoms with Gasteiger partial charge in [0.15, 0.2) is 0 Å². The predicted molar refractivity (Wildman–Crippen MR) is 95.9 cm³/mol. The molecule has 1 aliphatic heterocycles. The third-order valence-electron chi connectivity index (χ3n) is 4.47. The van der Waals surface area contributed by atoms with Gasteiger partial charge in [0.05, 0.1) is 23.1 Å². The number of aryl methyl sites for hydroxylation is 1. The number of hydrogen-bond acceptors (Lipinski definition) is 4. The van der Waals surface area contributed by atoms with Gasteiger partial charge in [-0.15, -0.1) is 0 Å². The van der Waals surface area contributed by atoms with Gasteiger partial charge in [0.1, 0.15) is 5.76 Å². The molecule has 1 aliphatic rings. The fourth-order valence-corrected chi connectivity index (χ4v) is 3.17. The van der Waals surface area contributed by atoms with Crippen molar-refractivity contribution in [3.8, 4) is 0 Å². The first-order chi connectivity index (χ1) is 12.0. The van der Waals surface area contributed by atoms with E-state index in [2.05, 4.69) is 5.32 Å². The number of benzene rings is 1. The Hall–Kier alpha value is -2.31. The molecule has 0 aliphatic carbocycles. The Labute approximate surface area is 150 Å². The van der Waals surface area contributed by atoms with Crippen molar-refractivity contribution in [2.45, 2.75) is 13.3 Å². The summed E-state index contributed by atoms with van der Waals surface area (Å²) in [5, 5.41) is 3.21. The highest BCUT2D eigenvalue weighted by Crippen LogP contribution is 2.26. The van der Waals surface area contributed by atoms with Crippen LogP contribution in [-0.2, 0) is 0 Å². The van der Waals surface area contributed by atoms with E-state index in [1.54, 1.807) is 36.1 Å². The largest absolute Gasteiger partial charge is 0.469 e. The van der Waals surface area contributed by atoms with E-state index >= 15 is 0 Å². The summed E-state index contributed by atoms with van der Waals surface area (Å²) >= 11 is 6.06. The van der Waals surface area contributed by atoms with E-state index in [-0.39, 0.29) is 11.8 Å². The Morgan fingerprint density at radius 3 is 2.80 bits per heavy atom. The van der Waals surface area contributed by atoms with Gasteiger partial charge in [0.25, 0.3) is 11.8 Å². The number of amides is 2. The molecule has 0 spiro atoms. The van der Waals surface area contributed by atoms with Crippen molar-refractivity contribution in [2.24, 2.45) is 11.7 Å². The highest BCUT2D eigenvalue weighted by Gasteiger charge is 2.28. The number of hydrogen-bond donors (Lipinski definition) is 2. The van der Waals surface area contributed by atoms with E-state index in [0.717, 1.165) is 6.42 Å². The van der Waals surface area contributed by atoms with Gasteiger partial charge >= 0.3 is 0 Å². The van der Waals surface area contributed by atoms with E-state index < -0.39 is 0 Å². The normalized spacial score (nSPS) is 16.9. The Morgan fingerprint density at radius 2 is 2.16 bits per heavy atom. The second kappa shape index (κ2) is 7.29. The molecule has 1 fully saturated rings. The molecule has 0 saturated carbocycles. The monoisotopic (exact) mass is 361 g/mol. The van der Waals surface area contributed by atoms with Crippen molar-refractivity contribution in [2.75, 3.05) is 25.0 Å². The standard InChI is InChI=1S/C18H20ClN3O3/c1-11-14(5-7-25-11)17(23)21-16-8-13(19)2-3-15(16)18(24)22-6-4-12(9-20)10-22/h2-3,5,7-8,12H,4,6,9-10,20H2,1H3,(H,21,23). The molecule has 0 radical (unpaired) electrons. The Bertz CT molecular complexity index is 803. The molecule has 1 atom stereocenters. The molecule has 1 aromatic heterocycles. The van der Waals surface area contributed by atoms with Crippen molar-refractivity contribution >= 4 is 29.1 Å². The van der Waals surface area contributed by atoms with Gasteiger partial charge in [0, 0.05) is 18.1 Å². The van der Waals surface area contributed by atoms with Crippen LogP contribution >= 0.6 is 11.6 Å². The van der Waals surface area contributed by atoms with E-state index in [9.17, 15) is 9.59 Å². The number of nitrogens with one attached hydrogen (secondary N) is 1. The smallest absolute Gasteiger partial charge is 0.259 e. The second-order valence-corrected chi connectivity index (χ2v) is 6.61. The molecule has 1 aromatic carbocycles. The molecule has 2 amide bonds. The van der Waals surface area contributed by atoms with Crippen LogP contribution in [0.5, 0.6) is 0 Å². The van der Waals surface area contributed by atoms with Crippen LogP contribution in [0.15, 0.2) is 34.9 Å². The highest BCUT2D eigenvalue weighted by molar-refractivity contribution is 6.31. The molecule has 0 bridgehead atoms. The second-order valence-electron chi connectivity index (χ2n) is 6.18. The van der Waals surface area contributed by atoms with E-state index in [4.69, 9.17) is 21.8 Å². The maximum absolute atomic E-state index is 12.8. The number of furan rings is 1. The zero-order valence-corrected chi connectivity index (χ0v) is 14.7. The molecule has 132 valence electrons. The number of anilines is 1. The predicted octanol–water partition coefficient (Wildman–Crippen LogP) is 2.91. The van der Waals surface area contributed by atoms with Crippen LogP contribution in [0.1, 0.15) is 32.9 Å². The van der Waals surface area contributed by atoms with Crippen LogP contribution in [0.3, 0.4) is 0 Å². The van der Waals surface area contributed by atoms with E-state index in [1.165, 1.54) is 6.26 Å². The van der Waals surface area contributed by atoms with Gasteiger partial charge in [0.2, 0.25) is 0 Å². The molecule has 25 heavy (non-hydrogen) atoms. The number of halogens is 1. The van der Waals surface area contributed by atoms with Gasteiger partial charge in [-0.2, -0.15) is 0 Å². The average molecular weight is 362 g/mol. The van der Waals surface area contributed by atoms with Crippen molar-refractivity contribution in [3.63, 3.8) is 0 Å². The lowest BCUT2D eigenvalue weighted by Gasteiger charge is -2.19. The third-order valence-corrected chi connectivity index (χ3v) is 4.71. The summed E-state index contributed by atoms with van der Waals surface area (Å²) in [5.74, 6) is 0.358. The summed E-state index contributed by atoms with van der Waals surface area (Å²) in [6.07, 6.45) is 2.34. The fourth-order valence-electron chi connectivity index (χ4n) is 3.00. The van der Waals surface area contributed by atoms with Crippen molar-refractivity contribution in [1.82, 2.24) is 4.90 Å². The lowest BCUT2D eigenvalue weighted by atomic mass is 10.1. The van der Waals surface area contributed by atoms with E-state index in [0.29, 0.717) is 53.1 Å². The summed E-state index contributed by atoms with van der Waals surface area (Å²) in [6.45, 7) is 3.56. The molecule has 3 N–H and O–H groups in total. The highest BCUT2D eigenvalue weighted by atomic mass is 35.5. The third kappa shape index (κ3) is 3.70. The van der Waals surface area contributed by atoms with Crippen LogP contribution in [0.4, 0.5) is 5.69 Å². The van der Waals surface area contributed by atoms with Crippen molar-refractivity contribution < 1.29 is 14.0 Å². The minimum Gasteiger partial charge on any atom is -0.469 e. The Morgan fingerprint density at radius 1 is 1.36 bits per heavy atom. The number of carbonyl (C=O) groups is 2. The summed E-state index contributed by atoms with van der Waals surface area (Å²) < 4.78 is 5.16. The van der Waals surface area contributed by atoms with Crippen LogP contribution in [0, 0.1) is 12.8 Å². The zero-order chi connectivity index (χ0) is 18.0. The Kier molecular flexibility index (Phi) is 5.11. The molecular weight excluding hydrogens is 342 g/mol. The first-order valence-electron chi connectivity index (χ1n) is 8.14. The summed E-state index contributed by atoms with van der Waals surface area (Å²) in [5.41, 5.74) is 6.92. The number of nitrogens with zero attached hydrogens (tertiary/aromatic N) is 1. The number of nitrogens with two attached hydrogens (primary N) is 1. The van der Waals surface area contributed by atoms with Gasteiger partial charge in [-0.05, 0) is 50.1 Å². The first-order valence-corrected chi connectivity index (χ1v) is 8.51. The Balaban J connectivity index is 1.84.